The van der Waals surface area contributed by atoms with Gasteiger partial charge in [0.25, 0.3) is 0 Å². The third kappa shape index (κ3) is 2.75. The maximum absolute atomic E-state index is 12.4. The second kappa shape index (κ2) is 5.79. The van der Waals surface area contributed by atoms with Crippen molar-refractivity contribution in [1.82, 2.24) is 9.55 Å². The molecule has 0 saturated carbocycles. The summed E-state index contributed by atoms with van der Waals surface area (Å²) in [5, 5.41) is 4.72. The lowest BCUT2D eigenvalue weighted by molar-refractivity contribution is -0.115. The summed E-state index contributed by atoms with van der Waals surface area (Å²) in [6.45, 7) is 1.31. The Hall–Kier alpha value is -2.18. The zero-order valence-corrected chi connectivity index (χ0v) is 13.7. The van der Waals surface area contributed by atoms with E-state index in [1.165, 1.54) is 11.3 Å². The molecule has 0 radical (unpaired) electrons. The van der Waals surface area contributed by atoms with Gasteiger partial charge in [-0.2, -0.15) is 0 Å². The molecule has 2 aromatic heterocycles. The number of carbonyl (C=O) groups is 1. The van der Waals surface area contributed by atoms with Gasteiger partial charge in [0.05, 0.1) is 30.2 Å². The smallest absolute Gasteiger partial charge is 0.230 e. The van der Waals surface area contributed by atoms with E-state index in [1.807, 2.05) is 25.4 Å². The number of amides is 1. The van der Waals surface area contributed by atoms with Crippen LogP contribution in [-0.4, -0.2) is 22.1 Å². The van der Waals surface area contributed by atoms with Gasteiger partial charge in [-0.3, -0.25) is 4.79 Å². The van der Waals surface area contributed by atoms with Gasteiger partial charge in [0.1, 0.15) is 0 Å². The Morgan fingerprint density at radius 1 is 1.43 bits per heavy atom. The minimum atomic E-state index is -0.0339. The quantitative estimate of drug-likeness (QED) is 0.805. The van der Waals surface area contributed by atoms with Crippen LogP contribution >= 0.6 is 11.3 Å². The van der Waals surface area contributed by atoms with Crippen molar-refractivity contribution in [1.29, 1.82) is 0 Å². The van der Waals surface area contributed by atoms with Gasteiger partial charge in [-0.1, -0.05) is 29.5 Å². The first-order chi connectivity index (χ1) is 11.2. The van der Waals surface area contributed by atoms with E-state index in [9.17, 15) is 4.79 Å². The van der Waals surface area contributed by atoms with E-state index in [2.05, 4.69) is 27.0 Å². The van der Waals surface area contributed by atoms with Crippen molar-refractivity contribution >= 4 is 33.3 Å². The fourth-order valence-corrected chi connectivity index (χ4v) is 3.94. The average molecular weight is 327 g/mol. The van der Waals surface area contributed by atoms with E-state index in [0.717, 1.165) is 33.5 Å². The molecule has 5 nitrogen and oxygen atoms in total. The summed E-state index contributed by atoms with van der Waals surface area (Å²) >= 11 is 1.51. The van der Waals surface area contributed by atoms with Crippen LogP contribution in [0, 0.1) is 0 Å². The van der Waals surface area contributed by atoms with Crippen LogP contribution in [0.15, 0.2) is 30.5 Å². The van der Waals surface area contributed by atoms with Gasteiger partial charge in [-0.25, -0.2) is 4.98 Å². The summed E-state index contributed by atoms with van der Waals surface area (Å²) in [7, 11) is 2.00. The number of anilines is 1. The first kappa shape index (κ1) is 14.4. The van der Waals surface area contributed by atoms with Crippen LogP contribution in [0.2, 0.25) is 0 Å². The summed E-state index contributed by atoms with van der Waals surface area (Å²) in [4.78, 5) is 18.0. The molecule has 0 aliphatic carbocycles. The topological polar surface area (TPSA) is 56.2 Å². The summed E-state index contributed by atoms with van der Waals surface area (Å²) in [6, 6.07) is 8.12. The second-order valence-corrected chi connectivity index (χ2v) is 6.78. The molecule has 0 unspecified atom stereocenters. The van der Waals surface area contributed by atoms with Crippen LogP contribution in [0.1, 0.15) is 16.1 Å². The van der Waals surface area contributed by atoms with Gasteiger partial charge in [-0.15, -0.1) is 0 Å². The lowest BCUT2D eigenvalue weighted by Crippen LogP contribution is -2.14. The number of carbonyl (C=O) groups excluding carboxylic acids is 1. The molecule has 23 heavy (non-hydrogen) atoms. The van der Waals surface area contributed by atoms with Crippen molar-refractivity contribution in [3.05, 3.63) is 46.6 Å². The predicted octanol–water partition coefficient (Wildman–Crippen LogP) is 2.89. The normalized spacial score (nSPS) is 14.0. The number of aromatic nitrogens is 2. The number of thiazole rings is 1. The Bertz CT molecular complexity index is 858. The lowest BCUT2D eigenvalue weighted by Gasteiger charge is -2.08. The molecule has 3 aromatic rings. The molecule has 3 heterocycles. The zero-order valence-electron chi connectivity index (χ0n) is 12.8. The molecule has 0 fully saturated rings. The predicted molar refractivity (Wildman–Crippen MR) is 90.7 cm³/mol. The largest absolute Gasteiger partial charge is 0.375 e. The standard InChI is InChI=1S/C17H17N3O2S/c1-20-9-11(12-4-2-3-5-14(12)20)8-16(21)19-17-18-13-6-7-22-10-15(13)23-17/h2-5,9H,6-8,10H2,1H3,(H,18,19,21). The molecule has 0 atom stereocenters. The first-order valence-electron chi connectivity index (χ1n) is 7.60. The molecule has 1 aliphatic heterocycles. The molecule has 0 bridgehead atoms. The molecule has 1 aliphatic rings. The molecule has 6 heteroatoms. The van der Waals surface area contributed by atoms with Crippen LogP contribution in [-0.2, 0) is 36.0 Å². The highest BCUT2D eigenvalue weighted by molar-refractivity contribution is 7.15. The highest BCUT2D eigenvalue weighted by atomic mass is 32.1. The van der Waals surface area contributed by atoms with Crippen LogP contribution in [0.4, 0.5) is 5.13 Å². The van der Waals surface area contributed by atoms with E-state index < -0.39 is 0 Å². The van der Waals surface area contributed by atoms with Crippen molar-refractivity contribution < 1.29 is 9.53 Å². The summed E-state index contributed by atoms with van der Waals surface area (Å²) in [6.07, 6.45) is 3.19. The lowest BCUT2D eigenvalue weighted by atomic mass is 10.1. The number of ether oxygens (including phenoxy) is 1. The Morgan fingerprint density at radius 2 is 2.30 bits per heavy atom. The van der Waals surface area contributed by atoms with Crippen LogP contribution in [0.5, 0.6) is 0 Å². The molecular weight excluding hydrogens is 310 g/mol. The zero-order chi connectivity index (χ0) is 15.8. The molecule has 1 N–H and O–H groups in total. The van der Waals surface area contributed by atoms with E-state index >= 15 is 0 Å². The third-order valence-electron chi connectivity index (χ3n) is 4.07. The fourth-order valence-electron chi connectivity index (χ4n) is 2.98. The number of nitrogens with zero attached hydrogens (tertiary/aromatic N) is 2. The highest BCUT2D eigenvalue weighted by Crippen LogP contribution is 2.27. The fraction of sp³-hybridized carbons (Fsp3) is 0.294. The number of hydrogen-bond acceptors (Lipinski definition) is 4. The number of para-hydroxylation sites is 1. The highest BCUT2D eigenvalue weighted by Gasteiger charge is 2.17. The van der Waals surface area contributed by atoms with Crippen LogP contribution in [0.25, 0.3) is 10.9 Å². The van der Waals surface area contributed by atoms with Crippen LogP contribution < -0.4 is 5.32 Å². The summed E-state index contributed by atoms with van der Waals surface area (Å²) < 4.78 is 7.47. The summed E-state index contributed by atoms with van der Waals surface area (Å²) in [5.74, 6) is -0.0339. The van der Waals surface area contributed by atoms with Gasteiger partial charge in [0, 0.05) is 30.6 Å². The maximum atomic E-state index is 12.4. The van der Waals surface area contributed by atoms with E-state index in [0.29, 0.717) is 24.8 Å². The van der Waals surface area contributed by atoms with Gasteiger partial charge < -0.3 is 14.6 Å². The molecule has 1 aromatic carbocycles. The molecule has 0 saturated heterocycles. The number of rotatable bonds is 3. The van der Waals surface area contributed by atoms with Gasteiger partial charge in [0.15, 0.2) is 5.13 Å². The Kier molecular flexibility index (Phi) is 3.63. The number of aryl methyl sites for hydroxylation is 1. The number of hydrogen-bond donors (Lipinski definition) is 1. The van der Waals surface area contributed by atoms with E-state index in [-0.39, 0.29) is 5.91 Å². The number of nitrogens with one attached hydrogen (secondary N) is 1. The van der Waals surface area contributed by atoms with Crippen molar-refractivity contribution in [2.24, 2.45) is 7.05 Å². The van der Waals surface area contributed by atoms with Crippen molar-refractivity contribution in [3.63, 3.8) is 0 Å². The Morgan fingerprint density at radius 3 is 3.17 bits per heavy atom. The number of fused-ring (bicyclic) bond motifs is 2. The van der Waals surface area contributed by atoms with Crippen molar-refractivity contribution in [3.8, 4) is 0 Å². The Balaban J connectivity index is 1.52. The van der Waals surface area contributed by atoms with Crippen LogP contribution in [0.3, 0.4) is 0 Å². The van der Waals surface area contributed by atoms with Gasteiger partial charge >= 0.3 is 0 Å². The molecular formula is C17H17N3O2S. The number of benzene rings is 1. The van der Waals surface area contributed by atoms with E-state index in [4.69, 9.17) is 4.74 Å². The van der Waals surface area contributed by atoms with Crippen molar-refractivity contribution in [2.75, 3.05) is 11.9 Å². The molecule has 0 spiro atoms. The molecule has 4 rings (SSSR count). The average Bonchev–Trinajstić information content (AvgIpc) is 3.09. The minimum Gasteiger partial charge on any atom is -0.375 e. The molecule has 1 amide bonds. The van der Waals surface area contributed by atoms with Crippen molar-refractivity contribution in [2.45, 2.75) is 19.4 Å². The maximum Gasteiger partial charge on any atom is 0.230 e. The minimum absolute atomic E-state index is 0.0339. The monoisotopic (exact) mass is 327 g/mol. The van der Waals surface area contributed by atoms with E-state index in [1.54, 1.807) is 0 Å². The summed E-state index contributed by atoms with van der Waals surface area (Å²) in [5.41, 5.74) is 3.23. The van der Waals surface area contributed by atoms with Gasteiger partial charge in [0.2, 0.25) is 5.91 Å². The first-order valence-corrected chi connectivity index (χ1v) is 8.41. The Labute approximate surface area is 137 Å². The van der Waals surface area contributed by atoms with Gasteiger partial charge in [-0.05, 0) is 11.6 Å². The molecule has 118 valence electrons. The second-order valence-electron chi connectivity index (χ2n) is 5.70. The third-order valence-corrected chi connectivity index (χ3v) is 5.06. The SMILES string of the molecule is Cn1cc(CC(=O)Nc2nc3c(s2)COCC3)c2ccccc21.